The zero-order chi connectivity index (χ0) is 31.6. The van der Waals surface area contributed by atoms with Crippen molar-refractivity contribution < 1.29 is 37.0 Å². The van der Waals surface area contributed by atoms with Crippen LogP contribution in [0.1, 0.15) is 80.4 Å². The van der Waals surface area contributed by atoms with Crippen molar-refractivity contribution in [3.63, 3.8) is 0 Å². The van der Waals surface area contributed by atoms with Crippen LogP contribution >= 0.6 is 0 Å². The Kier molecular flexibility index (Phi) is 9.50. The first-order chi connectivity index (χ1) is 20.9. The van der Waals surface area contributed by atoms with Crippen molar-refractivity contribution in [3.05, 3.63) is 46.8 Å². The Morgan fingerprint density at radius 1 is 1.11 bits per heavy atom. The maximum Gasteiger partial charge on any atom is 0.416 e. The third-order valence-corrected chi connectivity index (χ3v) is 9.10. The molecule has 1 unspecified atom stereocenters. The summed E-state index contributed by atoms with van der Waals surface area (Å²) >= 11 is 0. The number of benzene rings is 1. The Labute approximate surface area is 254 Å². The molecule has 2 aromatic rings. The summed E-state index contributed by atoms with van der Waals surface area (Å²) in [6.07, 6.45) is 1.15. The first kappa shape index (κ1) is 31.8. The first-order valence-corrected chi connectivity index (χ1v) is 15.2. The number of carbonyl (C=O) groups is 2. The highest BCUT2D eigenvalue weighted by Gasteiger charge is 2.42. The van der Waals surface area contributed by atoms with E-state index >= 15 is 0 Å². The van der Waals surface area contributed by atoms with Gasteiger partial charge in [-0.2, -0.15) is 13.2 Å². The number of carboxylic acid groups (broad SMARTS) is 1. The number of rotatable bonds is 10. The minimum absolute atomic E-state index is 0.0329. The highest BCUT2D eigenvalue weighted by atomic mass is 19.4. The fourth-order valence-corrected chi connectivity index (χ4v) is 6.72. The molecule has 1 aromatic heterocycles. The van der Waals surface area contributed by atoms with Crippen LogP contribution in [0.3, 0.4) is 0 Å². The second-order valence-electron chi connectivity index (χ2n) is 12.3. The summed E-state index contributed by atoms with van der Waals surface area (Å²) in [7, 11) is 1.92. The molecule has 3 heterocycles. The quantitative estimate of drug-likeness (QED) is 0.306. The summed E-state index contributed by atoms with van der Waals surface area (Å²) in [6.45, 7) is 3.03. The maximum absolute atomic E-state index is 13.5. The number of carbonyl (C=O) groups excluding carboxylic acids is 1. The number of hydrogen-bond acceptors (Lipinski definition) is 7. The molecule has 3 aliphatic rings. The largest absolute Gasteiger partial charge is 0.481 e. The lowest BCUT2D eigenvalue weighted by atomic mass is 9.80. The number of halogens is 4. The predicted molar refractivity (Wildman–Crippen MR) is 155 cm³/mol. The van der Waals surface area contributed by atoms with E-state index in [1.807, 2.05) is 11.9 Å². The van der Waals surface area contributed by atoms with E-state index in [1.54, 1.807) is 13.1 Å². The monoisotopic (exact) mass is 621 g/mol. The van der Waals surface area contributed by atoms with Gasteiger partial charge in [0.05, 0.1) is 24.3 Å². The Hall–Kier alpha value is -3.64. The molecule has 9 nitrogen and oxygen atoms in total. The highest BCUT2D eigenvalue weighted by molar-refractivity contribution is 5.71. The maximum atomic E-state index is 13.5. The number of anilines is 2. The summed E-state index contributed by atoms with van der Waals surface area (Å²) in [6, 6.07) is 2.34. The second-order valence-corrected chi connectivity index (χ2v) is 12.3. The molecule has 0 bridgehead atoms. The molecule has 1 saturated carbocycles. The average molecular weight is 622 g/mol. The zero-order valence-corrected chi connectivity index (χ0v) is 25.0. The van der Waals surface area contributed by atoms with Gasteiger partial charge < -0.3 is 19.6 Å². The van der Waals surface area contributed by atoms with Crippen LogP contribution in [0.25, 0.3) is 0 Å². The summed E-state index contributed by atoms with van der Waals surface area (Å²) < 4.78 is 59.7. The van der Waals surface area contributed by atoms with Crippen LogP contribution in [-0.2, 0) is 28.9 Å². The van der Waals surface area contributed by atoms with E-state index in [4.69, 9.17) is 19.8 Å². The third kappa shape index (κ3) is 7.18. The minimum atomic E-state index is -4.67. The highest BCUT2D eigenvalue weighted by Crippen LogP contribution is 2.39. The zero-order valence-electron chi connectivity index (χ0n) is 25.0. The van der Waals surface area contributed by atoms with Crippen molar-refractivity contribution in [2.75, 3.05) is 36.5 Å². The number of carboxylic acids is 1. The normalized spacial score (nSPS) is 24.1. The number of nitrogens with zero attached hydrogens (tertiary/aromatic N) is 5. The van der Waals surface area contributed by atoms with E-state index in [-0.39, 0.29) is 30.0 Å². The van der Waals surface area contributed by atoms with Gasteiger partial charge >= 0.3 is 18.2 Å². The van der Waals surface area contributed by atoms with Crippen LogP contribution in [0, 0.1) is 11.8 Å². The van der Waals surface area contributed by atoms with Gasteiger partial charge in [-0.3, -0.25) is 9.69 Å². The van der Waals surface area contributed by atoms with E-state index in [0.29, 0.717) is 29.8 Å². The Morgan fingerprint density at radius 3 is 2.43 bits per heavy atom. The molecule has 1 amide bonds. The fraction of sp³-hybridized carbons (Fsp3) is 0.613. The van der Waals surface area contributed by atoms with Gasteiger partial charge in [-0.1, -0.05) is 0 Å². The van der Waals surface area contributed by atoms with Gasteiger partial charge in [-0.25, -0.2) is 19.2 Å². The van der Waals surface area contributed by atoms with E-state index in [9.17, 15) is 27.2 Å². The smallest absolute Gasteiger partial charge is 0.416 e. The van der Waals surface area contributed by atoms with Crippen molar-refractivity contribution in [2.24, 2.45) is 11.8 Å². The minimum Gasteiger partial charge on any atom is -0.481 e. The lowest BCUT2D eigenvalue weighted by Gasteiger charge is -2.32. The Bertz CT molecular complexity index is 1340. The van der Waals surface area contributed by atoms with Crippen LogP contribution < -0.4 is 9.80 Å². The Balaban J connectivity index is 1.37. The molecule has 2 saturated heterocycles. The van der Waals surface area contributed by atoms with Gasteiger partial charge in [0.25, 0.3) is 0 Å². The third-order valence-electron chi connectivity index (χ3n) is 9.10. The molecule has 13 heteroatoms. The lowest BCUT2D eigenvalue weighted by molar-refractivity contribution is -0.139. The van der Waals surface area contributed by atoms with Crippen molar-refractivity contribution in [1.29, 1.82) is 0 Å². The molecular formula is C31H39F4N5O4. The predicted octanol–water partition coefficient (Wildman–Crippen LogP) is 6.36. The Morgan fingerprint density at radius 2 is 1.80 bits per heavy atom. The molecule has 1 N–H and O–H groups in total. The van der Waals surface area contributed by atoms with E-state index in [1.165, 1.54) is 11.0 Å². The number of amides is 1. The van der Waals surface area contributed by atoms with Crippen LogP contribution in [0.15, 0.2) is 24.4 Å². The van der Waals surface area contributed by atoms with Gasteiger partial charge in [-0.05, 0) is 86.6 Å². The molecule has 0 spiro atoms. The van der Waals surface area contributed by atoms with E-state index in [0.717, 1.165) is 63.7 Å². The topological polar surface area (TPSA) is 99.1 Å². The van der Waals surface area contributed by atoms with Crippen molar-refractivity contribution in [2.45, 2.75) is 83.4 Å². The molecule has 240 valence electrons. The molecular weight excluding hydrogens is 582 g/mol. The molecule has 5 rings (SSSR count). The van der Waals surface area contributed by atoms with Gasteiger partial charge in [0.15, 0.2) is 5.82 Å². The van der Waals surface area contributed by atoms with Gasteiger partial charge in [0, 0.05) is 33.1 Å². The van der Waals surface area contributed by atoms with E-state index < -0.39 is 42.6 Å². The van der Waals surface area contributed by atoms with Crippen LogP contribution in [-0.4, -0.2) is 64.8 Å². The molecule has 0 radical (unpaired) electrons. The molecule has 1 aromatic carbocycles. The SMILES string of the molecule is C[C@H]1C(c2cc(CF)cc(C(F)(F)F)c2)OC(=O)N1Cc1nc(N2CCCC2)cnc1N(C)C[C@H]1CC[C@H](CC(=O)O)CC1. The number of cyclic esters (lactones) is 1. The standard InChI is InChI=1S/C31H39F4N5O4/c1-19-28(23-11-22(15-32)12-24(14-23)31(33,34)35)44-30(43)40(19)18-25-29(36-16-26(37-25)39-9-3-4-10-39)38(2)17-21-7-5-20(6-8-21)13-27(41)42/h11-12,14,16,19-21,28H,3-10,13,15,17-18H2,1-2H3,(H,41,42)/t19-,20-,21-,28?/m0/s1. The summed E-state index contributed by atoms with van der Waals surface area (Å²) in [5.74, 6) is 1.08. The van der Waals surface area contributed by atoms with Gasteiger partial charge in [-0.15, -0.1) is 0 Å². The molecule has 44 heavy (non-hydrogen) atoms. The average Bonchev–Trinajstić information content (AvgIpc) is 3.62. The van der Waals surface area contributed by atoms with Gasteiger partial charge in [0.2, 0.25) is 0 Å². The van der Waals surface area contributed by atoms with Gasteiger partial charge in [0.1, 0.15) is 24.3 Å². The first-order valence-electron chi connectivity index (χ1n) is 15.2. The number of hydrogen-bond donors (Lipinski definition) is 1. The van der Waals surface area contributed by atoms with Crippen LogP contribution in [0.5, 0.6) is 0 Å². The van der Waals surface area contributed by atoms with Crippen LogP contribution in [0.2, 0.25) is 0 Å². The fourth-order valence-electron chi connectivity index (χ4n) is 6.72. The molecule has 2 aliphatic heterocycles. The molecule has 1 aliphatic carbocycles. The number of aromatic nitrogens is 2. The van der Waals surface area contributed by atoms with Crippen molar-refractivity contribution >= 4 is 23.7 Å². The summed E-state index contributed by atoms with van der Waals surface area (Å²) in [5.41, 5.74) is -0.492. The second kappa shape index (κ2) is 13.2. The number of aliphatic carboxylic acids is 1. The van der Waals surface area contributed by atoms with Crippen LogP contribution in [0.4, 0.5) is 34.0 Å². The summed E-state index contributed by atoms with van der Waals surface area (Å²) in [5, 5.41) is 9.14. The number of alkyl halides is 4. The lowest BCUT2D eigenvalue weighted by Crippen LogP contribution is -2.35. The number of ether oxygens (including phenoxy) is 1. The van der Waals surface area contributed by atoms with Crippen molar-refractivity contribution in [3.8, 4) is 0 Å². The molecule has 3 fully saturated rings. The molecule has 2 atom stereocenters. The van der Waals surface area contributed by atoms with Crippen molar-refractivity contribution in [1.82, 2.24) is 14.9 Å². The summed E-state index contributed by atoms with van der Waals surface area (Å²) in [4.78, 5) is 39.6. The van der Waals surface area contributed by atoms with E-state index in [2.05, 4.69) is 4.90 Å².